The molecule has 3 aromatic carbocycles. The highest BCUT2D eigenvalue weighted by Crippen LogP contribution is 2.23. The van der Waals surface area contributed by atoms with Crippen LogP contribution in [-0.4, -0.2) is 32.2 Å². The van der Waals surface area contributed by atoms with Crippen molar-refractivity contribution in [2.75, 3.05) is 5.75 Å². The lowest BCUT2D eigenvalue weighted by molar-refractivity contribution is 0.0948. The first-order valence-corrected chi connectivity index (χ1v) is 10.7. The molecule has 0 radical (unpaired) electrons. The number of ketones is 1. The third-order valence-electron chi connectivity index (χ3n) is 4.59. The predicted molar refractivity (Wildman–Crippen MR) is 120 cm³/mol. The minimum atomic E-state index is -0.184. The van der Waals surface area contributed by atoms with E-state index in [9.17, 15) is 9.59 Å². The van der Waals surface area contributed by atoms with Crippen molar-refractivity contribution in [1.29, 1.82) is 0 Å². The van der Waals surface area contributed by atoms with Crippen molar-refractivity contribution in [2.45, 2.75) is 11.7 Å². The summed E-state index contributed by atoms with van der Waals surface area (Å²) in [4.78, 5) is 24.9. The highest BCUT2D eigenvalue weighted by molar-refractivity contribution is 7.99. The van der Waals surface area contributed by atoms with Crippen LogP contribution >= 0.6 is 11.8 Å². The molecule has 0 unspecified atom stereocenters. The molecule has 1 amide bonds. The minimum absolute atomic E-state index is 0.0205. The second kappa shape index (κ2) is 9.86. The Balaban J connectivity index is 1.53. The Morgan fingerprint density at radius 2 is 1.35 bits per heavy atom. The van der Waals surface area contributed by atoms with Crippen LogP contribution in [0.4, 0.5) is 0 Å². The molecule has 154 valence electrons. The summed E-state index contributed by atoms with van der Waals surface area (Å²) in [6.45, 7) is 0.211. The van der Waals surface area contributed by atoms with Gasteiger partial charge in [-0.05, 0) is 24.3 Å². The van der Waals surface area contributed by atoms with Gasteiger partial charge in [0.05, 0.1) is 12.3 Å². The van der Waals surface area contributed by atoms with Crippen LogP contribution in [-0.2, 0) is 6.54 Å². The van der Waals surface area contributed by atoms with Crippen molar-refractivity contribution in [3.8, 4) is 5.69 Å². The summed E-state index contributed by atoms with van der Waals surface area (Å²) >= 11 is 1.32. The Morgan fingerprint density at radius 3 is 2.00 bits per heavy atom. The average molecular weight is 429 g/mol. The second-order valence-electron chi connectivity index (χ2n) is 6.70. The number of hydrogen-bond donors (Lipinski definition) is 1. The fraction of sp³-hybridized carbons (Fsp3) is 0.0833. The zero-order valence-corrected chi connectivity index (χ0v) is 17.5. The minimum Gasteiger partial charge on any atom is -0.345 e. The summed E-state index contributed by atoms with van der Waals surface area (Å²) in [5.41, 5.74) is 2.11. The van der Waals surface area contributed by atoms with Gasteiger partial charge >= 0.3 is 0 Å². The quantitative estimate of drug-likeness (QED) is 0.337. The van der Waals surface area contributed by atoms with Gasteiger partial charge in [-0.3, -0.25) is 14.2 Å². The van der Waals surface area contributed by atoms with Gasteiger partial charge in [-0.1, -0.05) is 78.5 Å². The summed E-state index contributed by atoms with van der Waals surface area (Å²) in [7, 11) is 0. The molecule has 0 aliphatic carbocycles. The number of rotatable bonds is 8. The molecular formula is C24H20N4O2S. The van der Waals surface area contributed by atoms with Crippen molar-refractivity contribution in [2.24, 2.45) is 0 Å². The van der Waals surface area contributed by atoms with Crippen LogP contribution in [0.5, 0.6) is 0 Å². The normalized spacial score (nSPS) is 10.6. The van der Waals surface area contributed by atoms with Crippen molar-refractivity contribution in [3.63, 3.8) is 0 Å². The highest BCUT2D eigenvalue weighted by Gasteiger charge is 2.17. The molecule has 6 nitrogen and oxygen atoms in total. The molecule has 7 heteroatoms. The van der Waals surface area contributed by atoms with E-state index in [-0.39, 0.29) is 24.0 Å². The number of carbonyl (C=O) groups excluding carboxylic acids is 2. The van der Waals surface area contributed by atoms with Gasteiger partial charge in [0.2, 0.25) is 0 Å². The maximum absolute atomic E-state index is 12.5. The van der Waals surface area contributed by atoms with Crippen LogP contribution in [0, 0.1) is 0 Å². The van der Waals surface area contributed by atoms with E-state index >= 15 is 0 Å². The molecule has 0 bridgehead atoms. The van der Waals surface area contributed by atoms with E-state index in [0.717, 1.165) is 5.69 Å². The Bertz CT molecular complexity index is 1090. The highest BCUT2D eigenvalue weighted by atomic mass is 32.2. The third-order valence-corrected chi connectivity index (χ3v) is 5.51. The van der Waals surface area contributed by atoms with Crippen LogP contribution in [0.3, 0.4) is 0 Å². The molecule has 0 spiro atoms. The van der Waals surface area contributed by atoms with E-state index < -0.39 is 0 Å². The largest absolute Gasteiger partial charge is 0.345 e. The zero-order chi connectivity index (χ0) is 21.5. The Kier molecular flexibility index (Phi) is 6.54. The van der Waals surface area contributed by atoms with Crippen LogP contribution in [0.1, 0.15) is 26.5 Å². The van der Waals surface area contributed by atoms with Crippen molar-refractivity contribution in [3.05, 3.63) is 108 Å². The van der Waals surface area contributed by atoms with Crippen molar-refractivity contribution < 1.29 is 9.59 Å². The van der Waals surface area contributed by atoms with Gasteiger partial charge < -0.3 is 5.32 Å². The monoisotopic (exact) mass is 428 g/mol. The first-order chi connectivity index (χ1) is 15.2. The van der Waals surface area contributed by atoms with Crippen LogP contribution in [0.25, 0.3) is 5.69 Å². The van der Waals surface area contributed by atoms with E-state index in [1.165, 1.54) is 11.8 Å². The molecule has 1 aromatic heterocycles. The van der Waals surface area contributed by atoms with E-state index in [1.807, 2.05) is 71.3 Å². The lowest BCUT2D eigenvalue weighted by Crippen LogP contribution is -2.24. The number of Topliss-reactive ketones (excluding diaryl/α,β-unsaturated/α-hetero) is 1. The molecule has 1 heterocycles. The Labute approximate surface area is 184 Å². The van der Waals surface area contributed by atoms with Crippen LogP contribution in [0.15, 0.2) is 96.2 Å². The maximum atomic E-state index is 12.5. The Morgan fingerprint density at radius 1 is 0.774 bits per heavy atom. The number of nitrogens with zero attached hydrogens (tertiary/aromatic N) is 3. The van der Waals surface area contributed by atoms with Gasteiger partial charge in [0, 0.05) is 16.8 Å². The van der Waals surface area contributed by atoms with E-state index in [2.05, 4.69) is 15.5 Å². The van der Waals surface area contributed by atoms with Gasteiger partial charge in [0.15, 0.2) is 16.8 Å². The van der Waals surface area contributed by atoms with E-state index in [4.69, 9.17) is 0 Å². The molecule has 31 heavy (non-hydrogen) atoms. The zero-order valence-electron chi connectivity index (χ0n) is 16.6. The predicted octanol–water partition coefficient (Wildman–Crippen LogP) is 4.17. The fourth-order valence-corrected chi connectivity index (χ4v) is 3.90. The summed E-state index contributed by atoms with van der Waals surface area (Å²) in [6, 6.07) is 27.8. The molecular weight excluding hydrogens is 408 g/mol. The number of carbonyl (C=O) groups is 2. The van der Waals surface area contributed by atoms with E-state index in [0.29, 0.717) is 22.1 Å². The van der Waals surface area contributed by atoms with E-state index in [1.54, 1.807) is 24.3 Å². The number of hydrogen-bond acceptors (Lipinski definition) is 5. The van der Waals surface area contributed by atoms with Gasteiger partial charge in [-0.25, -0.2) is 0 Å². The Hall–Kier alpha value is -3.71. The smallest absolute Gasteiger partial charge is 0.251 e. The molecule has 4 aromatic rings. The lowest BCUT2D eigenvalue weighted by Gasteiger charge is -2.11. The number of benzene rings is 3. The average Bonchev–Trinajstić information content (AvgIpc) is 3.25. The number of nitrogens with one attached hydrogen (secondary N) is 1. The first-order valence-electron chi connectivity index (χ1n) is 9.76. The summed E-state index contributed by atoms with van der Waals surface area (Å²) in [5.74, 6) is 0.666. The van der Waals surface area contributed by atoms with Gasteiger partial charge in [0.25, 0.3) is 5.91 Å². The first kappa shape index (κ1) is 20.6. The van der Waals surface area contributed by atoms with Gasteiger partial charge in [0.1, 0.15) is 0 Å². The second-order valence-corrected chi connectivity index (χ2v) is 7.64. The molecule has 0 saturated heterocycles. The summed E-state index contributed by atoms with van der Waals surface area (Å²) < 4.78 is 1.87. The molecule has 0 fully saturated rings. The molecule has 1 N–H and O–H groups in total. The number of thioether (sulfide) groups is 1. The SMILES string of the molecule is O=C(CSc1nnc(CNC(=O)c2ccccc2)n1-c1ccccc1)c1ccccc1. The van der Waals surface area contributed by atoms with Crippen molar-refractivity contribution in [1.82, 2.24) is 20.1 Å². The van der Waals surface area contributed by atoms with Crippen LogP contribution < -0.4 is 5.32 Å². The molecule has 0 aliphatic rings. The summed E-state index contributed by atoms with van der Waals surface area (Å²) in [6.07, 6.45) is 0. The molecule has 0 aliphatic heterocycles. The molecule has 4 rings (SSSR count). The number of para-hydroxylation sites is 1. The number of amides is 1. The molecule has 0 atom stereocenters. The topological polar surface area (TPSA) is 76.9 Å². The fourth-order valence-electron chi connectivity index (χ4n) is 3.03. The number of aromatic nitrogens is 3. The van der Waals surface area contributed by atoms with Crippen molar-refractivity contribution >= 4 is 23.5 Å². The summed E-state index contributed by atoms with van der Waals surface area (Å²) in [5, 5.41) is 12.0. The van der Waals surface area contributed by atoms with Gasteiger partial charge in [-0.15, -0.1) is 10.2 Å². The maximum Gasteiger partial charge on any atom is 0.251 e. The van der Waals surface area contributed by atoms with Gasteiger partial charge in [-0.2, -0.15) is 0 Å². The lowest BCUT2D eigenvalue weighted by atomic mass is 10.2. The standard InChI is InChI=1S/C24H20N4O2S/c29-21(18-10-4-1-5-11-18)17-31-24-27-26-22(28(24)20-14-8-3-9-15-20)16-25-23(30)19-12-6-2-7-13-19/h1-15H,16-17H2,(H,25,30). The van der Waals surface area contributed by atoms with Crippen LogP contribution in [0.2, 0.25) is 0 Å². The third kappa shape index (κ3) is 5.07. The molecule has 0 saturated carbocycles.